The number of benzene rings is 1. The molecular formula is C9H6ClN3O2. The van der Waals surface area contributed by atoms with Crippen molar-refractivity contribution in [3.05, 3.63) is 45.2 Å². The van der Waals surface area contributed by atoms with E-state index in [1.54, 1.807) is 18.2 Å². The molecule has 0 amide bonds. The lowest BCUT2D eigenvalue weighted by molar-refractivity contribution is -0.497. The lowest BCUT2D eigenvalue weighted by Crippen LogP contribution is -2.01. The molecule has 0 bridgehead atoms. The molecule has 0 spiro atoms. The molecule has 76 valence electrons. The Bertz CT molecular complexity index is 530. The molecule has 1 aromatic heterocycles. The number of nitro groups is 1. The summed E-state index contributed by atoms with van der Waals surface area (Å²) in [6, 6.07) is 5.06. The first-order valence-electron chi connectivity index (χ1n) is 4.18. The SMILES string of the molecule is O=[N+]([O-])Cc1cnc2ccc(Cl)cc2n1. The maximum Gasteiger partial charge on any atom is 0.247 e. The molecule has 0 saturated carbocycles. The molecule has 2 aromatic rings. The van der Waals surface area contributed by atoms with Crippen LogP contribution in [-0.2, 0) is 6.54 Å². The maximum absolute atomic E-state index is 10.3. The molecule has 5 nitrogen and oxygen atoms in total. The summed E-state index contributed by atoms with van der Waals surface area (Å²) in [6.07, 6.45) is 1.40. The second-order valence-corrected chi connectivity index (χ2v) is 3.42. The lowest BCUT2D eigenvalue weighted by atomic mass is 10.3. The fourth-order valence-electron chi connectivity index (χ4n) is 1.23. The summed E-state index contributed by atoms with van der Waals surface area (Å²) < 4.78 is 0. The van der Waals surface area contributed by atoms with Crippen LogP contribution in [0, 0.1) is 10.1 Å². The zero-order valence-corrected chi connectivity index (χ0v) is 8.31. The van der Waals surface area contributed by atoms with Gasteiger partial charge >= 0.3 is 0 Å². The van der Waals surface area contributed by atoms with Gasteiger partial charge in [-0.05, 0) is 18.2 Å². The third kappa shape index (κ3) is 2.19. The van der Waals surface area contributed by atoms with Crippen molar-refractivity contribution in [3.63, 3.8) is 0 Å². The summed E-state index contributed by atoms with van der Waals surface area (Å²) in [4.78, 5) is 18.0. The minimum atomic E-state index is -0.444. The predicted molar refractivity (Wildman–Crippen MR) is 55.2 cm³/mol. The van der Waals surface area contributed by atoms with E-state index in [2.05, 4.69) is 9.97 Å². The minimum absolute atomic E-state index is 0.324. The van der Waals surface area contributed by atoms with Crippen LogP contribution in [0.1, 0.15) is 5.69 Å². The Hall–Kier alpha value is -1.75. The number of aromatic nitrogens is 2. The molecule has 0 saturated heterocycles. The summed E-state index contributed by atoms with van der Waals surface area (Å²) in [5.74, 6) is 0. The Morgan fingerprint density at radius 3 is 2.93 bits per heavy atom. The van der Waals surface area contributed by atoms with Gasteiger partial charge in [0.1, 0.15) is 5.69 Å². The molecule has 0 aliphatic heterocycles. The van der Waals surface area contributed by atoms with Crippen LogP contribution >= 0.6 is 11.6 Å². The van der Waals surface area contributed by atoms with Crippen molar-refractivity contribution in [3.8, 4) is 0 Å². The van der Waals surface area contributed by atoms with Crippen molar-refractivity contribution in [1.82, 2.24) is 9.97 Å². The Morgan fingerprint density at radius 2 is 2.20 bits per heavy atom. The van der Waals surface area contributed by atoms with Crippen LogP contribution in [0.5, 0.6) is 0 Å². The van der Waals surface area contributed by atoms with Gasteiger partial charge in [0, 0.05) is 9.95 Å². The predicted octanol–water partition coefficient (Wildman–Crippen LogP) is 2.06. The number of halogens is 1. The monoisotopic (exact) mass is 223 g/mol. The summed E-state index contributed by atoms with van der Waals surface area (Å²) in [5.41, 5.74) is 1.57. The first kappa shape index (κ1) is 9.79. The van der Waals surface area contributed by atoms with E-state index >= 15 is 0 Å². The second-order valence-electron chi connectivity index (χ2n) is 2.99. The van der Waals surface area contributed by atoms with Gasteiger partial charge in [-0.3, -0.25) is 15.1 Å². The van der Waals surface area contributed by atoms with E-state index in [9.17, 15) is 10.1 Å². The number of fused-ring (bicyclic) bond motifs is 1. The molecule has 0 aliphatic carbocycles. The normalized spacial score (nSPS) is 10.5. The van der Waals surface area contributed by atoms with Gasteiger partial charge in [-0.15, -0.1) is 0 Å². The zero-order valence-electron chi connectivity index (χ0n) is 7.55. The van der Waals surface area contributed by atoms with Gasteiger partial charge in [0.05, 0.1) is 17.2 Å². The van der Waals surface area contributed by atoms with Gasteiger partial charge < -0.3 is 0 Å². The largest absolute Gasteiger partial charge is 0.264 e. The van der Waals surface area contributed by atoms with E-state index in [0.717, 1.165) is 0 Å². The van der Waals surface area contributed by atoms with Gasteiger partial charge in [0.2, 0.25) is 6.54 Å². The number of hydrogen-bond acceptors (Lipinski definition) is 4. The highest BCUT2D eigenvalue weighted by Crippen LogP contribution is 2.15. The topological polar surface area (TPSA) is 68.9 Å². The van der Waals surface area contributed by atoms with Crippen LogP contribution in [0.3, 0.4) is 0 Å². The highest BCUT2D eigenvalue weighted by atomic mass is 35.5. The Morgan fingerprint density at radius 1 is 1.40 bits per heavy atom. The highest BCUT2D eigenvalue weighted by Gasteiger charge is 2.05. The van der Waals surface area contributed by atoms with Crippen molar-refractivity contribution in [2.75, 3.05) is 0 Å². The van der Waals surface area contributed by atoms with Gasteiger partial charge in [-0.1, -0.05) is 11.6 Å². The van der Waals surface area contributed by atoms with Crippen LogP contribution in [0.25, 0.3) is 11.0 Å². The summed E-state index contributed by atoms with van der Waals surface area (Å²) >= 11 is 5.78. The molecule has 1 aromatic carbocycles. The molecule has 1 heterocycles. The average Bonchev–Trinajstić information content (AvgIpc) is 2.16. The first-order valence-corrected chi connectivity index (χ1v) is 4.56. The summed E-state index contributed by atoms with van der Waals surface area (Å²) in [5, 5.41) is 10.8. The van der Waals surface area contributed by atoms with Crippen LogP contribution in [-0.4, -0.2) is 14.9 Å². The van der Waals surface area contributed by atoms with E-state index in [0.29, 0.717) is 21.7 Å². The molecule has 0 fully saturated rings. The quantitative estimate of drug-likeness (QED) is 0.577. The molecule has 0 N–H and O–H groups in total. The van der Waals surface area contributed by atoms with Gasteiger partial charge in [-0.2, -0.15) is 0 Å². The Balaban J connectivity index is 2.49. The van der Waals surface area contributed by atoms with E-state index in [1.807, 2.05) is 0 Å². The van der Waals surface area contributed by atoms with Crippen molar-refractivity contribution in [1.29, 1.82) is 0 Å². The van der Waals surface area contributed by atoms with E-state index < -0.39 is 4.92 Å². The molecule has 15 heavy (non-hydrogen) atoms. The van der Waals surface area contributed by atoms with E-state index in [4.69, 9.17) is 11.6 Å². The average molecular weight is 224 g/mol. The first-order chi connectivity index (χ1) is 7.15. The fraction of sp³-hybridized carbons (Fsp3) is 0.111. The molecule has 6 heteroatoms. The minimum Gasteiger partial charge on any atom is -0.264 e. The van der Waals surface area contributed by atoms with E-state index in [1.165, 1.54) is 6.20 Å². The summed E-state index contributed by atoms with van der Waals surface area (Å²) in [7, 11) is 0. The lowest BCUT2D eigenvalue weighted by Gasteiger charge is -1.98. The van der Waals surface area contributed by atoms with Gasteiger partial charge in [0.25, 0.3) is 0 Å². The second kappa shape index (κ2) is 3.78. The molecule has 0 unspecified atom stereocenters. The van der Waals surface area contributed by atoms with Crippen molar-refractivity contribution in [2.45, 2.75) is 6.54 Å². The molecule has 0 radical (unpaired) electrons. The van der Waals surface area contributed by atoms with Crippen LogP contribution in [0.4, 0.5) is 0 Å². The molecule has 2 rings (SSSR count). The highest BCUT2D eigenvalue weighted by molar-refractivity contribution is 6.31. The Labute approximate surface area is 89.9 Å². The maximum atomic E-state index is 10.3. The van der Waals surface area contributed by atoms with Gasteiger partial charge in [0.15, 0.2) is 0 Å². The van der Waals surface area contributed by atoms with Crippen LogP contribution in [0.2, 0.25) is 5.02 Å². The van der Waals surface area contributed by atoms with Crippen molar-refractivity contribution in [2.24, 2.45) is 0 Å². The van der Waals surface area contributed by atoms with Crippen molar-refractivity contribution >= 4 is 22.6 Å². The van der Waals surface area contributed by atoms with Gasteiger partial charge in [-0.25, -0.2) is 4.98 Å². The Kier molecular flexibility index (Phi) is 2.47. The molecule has 0 atom stereocenters. The third-order valence-electron chi connectivity index (χ3n) is 1.85. The standard InChI is InChI=1S/C9H6ClN3O2/c10-6-1-2-8-9(3-6)12-7(4-11-8)5-13(14)15/h1-4H,5H2. The van der Waals surface area contributed by atoms with Crippen LogP contribution in [0.15, 0.2) is 24.4 Å². The molecule has 0 aliphatic rings. The smallest absolute Gasteiger partial charge is 0.247 e. The van der Waals surface area contributed by atoms with Crippen LogP contribution < -0.4 is 0 Å². The fourth-order valence-corrected chi connectivity index (χ4v) is 1.40. The van der Waals surface area contributed by atoms with Crippen molar-refractivity contribution < 1.29 is 4.92 Å². The number of hydrogen-bond donors (Lipinski definition) is 0. The number of nitrogens with zero attached hydrogens (tertiary/aromatic N) is 3. The van der Waals surface area contributed by atoms with E-state index in [-0.39, 0.29) is 6.54 Å². The number of rotatable bonds is 2. The molecular weight excluding hydrogens is 218 g/mol. The third-order valence-corrected chi connectivity index (χ3v) is 2.08. The zero-order chi connectivity index (χ0) is 10.8. The summed E-state index contributed by atoms with van der Waals surface area (Å²) in [6.45, 7) is -0.324.